The number of hydrogen-bond acceptors (Lipinski definition) is 5. The van der Waals surface area contributed by atoms with Gasteiger partial charge in [0.1, 0.15) is 6.04 Å². The number of carbonyl (C=O) groups is 3. The van der Waals surface area contributed by atoms with E-state index in [2.05, 4.69) is 10.6 Å². The van der Waals surface area contributed by atoms with Crippen molar-refractivity contribution in [3.05, 3.63) is 54.1 Å². The second-order valence-electron chi connectivity index (χ2n) is 6.57. The minimum Gasteiger partial charge on any atom is -0.454 e. The predicted molar refractivity (Wildman–Crippen MR) is 99.7 cm³/mol. The first kappa shape index (κ1) is 17.8. The molecule has 4 amide bonds. The third-order valence-corrected chi connectivity index (χ3v) is 4.61. The minimum absolute atomic E-state index is 0.101. The fourth-order valence-corrected chi connectivity index (χ4v) is 3.16. The van der Waals surface area contributed by atoms with Gasteiger partial charge in [0.05, 0.1) is 6.54 Å². The summed E-state index contributed by atoms with van der Waals surface area (Å²) in [5.41, 5.74) is 1.45. The first-order valence-electron chi connectivity index (χ1n) is 8.95. The van der Waals surface area contributed by atoms with E-state index in [1.165, 1.54) is 4.90 Å². The molecule has 0 aliphatic carbocycles. The van der Waals surface area contributed by atoms with Gasteiger partial charge in [-0.1, -0.05) is 30.3 Å². The van der Waals surface area contributed by atoms with Crippen LogP contribution in [0.15, 0.2) is 48.5 Å². The van der Waals surface area contributed by atoms with E-state index in [0.717, 1.165) is 5.56 Å². The van der Waals surface area contributed by atoms with Crippen molar-refractivity contribution in [3.63, 3.8) is 0 Å². The van der Waals surface area contributed by atoms with Crippen molar-refractivity contribution in [2.75, 3.05) is 12.1 Å². The van der Waals surface area contributed by atoms with Crippen LogP contribution in [0.5, 0.6) is 11.5 Å². The van der Waals surface area contributed by atoms with Gasteiger partial charge in [0.25, 0.3) is 5.91 Å². The van der Waals surface area contributed by atoms with Crippen LogP contribution in [0.25, 0.3) is 0 Å². The van der Waals surface area contributed by atoms with Gasteiger partial charge in [0.15, 0.2) is 11.5 Å². The maximum Gasteiger partial charge on any atom is 0.325 e. The fourth-order valence-electron chi connectivity index (χ4n) is 3.16. The number of benzene rings is 2. The van der Waals surface area contributed by atoms with Crippen LogP contribution in [0, 0.1) is 0 Å². The molecular formula is C20H19N3O5. The van der Waals surface area contributed by atoms with Crippen molar-refractivity contribution < 1.29 is 23.9 Å². The molecule has 4 rings (SSSR count). The molecule has 28 heavy (non-hydrogen) atoms. The zero-order valence-corrected chi connectivity index (χ0v) is 15.0. The van der Waals surface area contributed by atoms with Gasteiger partial charge in [-0.05, 0) is 24.1 Å². The van der Waals surface area contributed by atoms with Gasteiger partial charge in [-0.3, -0.25) is 14.5 Å². The van der Waals surface area contributed by atoms with Crippen molar-refractivity contribution in [1.82, 2.24) is 10.2 Å². The summed E-state index contributed by atoms with van der Waals surface area (Å²) in [4.78, 5) is 38.0. The Labute approximate surface area is 161 Å². The summed E-state index contributed by atoms with van der Waals surface area (Å²) in [5.74, 6) is 0.649. The Kier molecular flexibility index (Phi) is 4.84. The van der Waals surface area contributed by atoms with Gasteiger partial charge < -0.3 is 20.1 Å². The van der Waals surface area contributed by atoms with Gasteiger partial charge >= 0.3 is 6.03 Å². The van der Waals surface area contributed by atoms with Crippen LogP contribution in [0.2, 0.25) is 0 Å². The number of carbonyl (C=O) groups excluding carboxylic acids is 3. The van der Waals surface area contributed by atoms with Crippen LogP contribution >= 0.6 is 0 Å². The number of rotatable bonds is 6. The monoisotopic (exact) mass is 381 g/mol. The predicted octanol–water partition coefficient (Wildman–Crippen LogP) is 2.25. The van der Waals surface area contributed by atoms with E-state index in [1.807, 2.05) is 30.3 Å². The molecule has 0 saturated carbocycles. The quantitative estimate of drug-likeness (QED) is 0.748. The van der Waals surface area contributed by atoms with Crippen LogP contribution in [0.4, 0.5) is 10.5 Å². The van der Waals surface area contributed by atoms with Crippen molar-refractivity contribution in [2.45, 2.75) is 25.4 Å². The summed E-state index contributed by atoms with van der Waals surface area (Å²) in [6.07, 6.45) is 0.330. The highest BCUT2D eigenvalue weighted by atomic mass is 16.7. The number of fused-ring (bicyclic) bond motifs is 1. The first-order chi connectivity index (χ1) is 13.6. The molecule has 2 aliphatic rings. The molecular weight excluding hydrogens is 362 g/mol. The van der Waals surface area contributed by atoms with Crippen molar-refractivity contribution in [2.24, 2.45) is 0 Å². The molecule has 2 N–H and O–H groups in total. The van der Waals surface area contributed by atoms with Crippen molar-refractivity contribution in [3.8, 4) is 11.5 Å². The molecule has 0 unspecified atom stereocenters. The smallest absolute Gasteiger partial charge is 0.325 e. The molecule has 2 aromatic carbocycles. The van der Waals surface area contributed by atoms with Gasteiger partial charge in [0.2, 0.25) is 12.7 Å². The summed E-state index contributed by atoms with van der Waals surface area (Å²) in [6.45, 7) is 0.376. The number of amides is 4. The molecule has 144 valence electrons. The lowest BCUT2D eigenvalue weighted by Crippen LogP contribution is -2.31. The van der Waals surface area contributed by atoms with Crippen LogP contribution in [-0.4, -0.2) is 35.6 Å². The molecule has 0 bridgehead atoms. The highest BCUT2D eigenvalue weighted by Gasteiger charge is 2.37. The fraction of sp³-hybridized carbons (Fsp3) is 0.250. The summed E-state index contributed by atoms with van der Waals surface area (Å²) in [7, 11) is 0. The van der Waals surface area contributed by atoms with E-state index in [1.54, 1.807) is 18.2 Å². The lowest BCUT2D eigenvalue weighted by atomic mass is 10.1. The molecule has 0 spiro atoms. The normalized spacial score (nSPS) is 17.6. The molecule has 8 heteroatoms. The van der Waals surface area contributed by atoms with E-state index in [9.17, 15) is 14.4 Å². The van der Waals surface area contributed by atoms with Gasteiger partial charge in [-0.2, -0.15) is 0 Å². The number of nitrogens with one attached hydrogen (secondary N) is 2. The molecule has 8 nitrogen and oxygen atoms in total. The second kappa shape index (κ2) is 7.59. The average Bonchev–Trinajstić information content (AvgIpc) is 3.26. The molecule has 1 atom stereocenters. The molecule has 2 aliphatic heterocycles. The lowest BCUT2D eigenvalue weighted by molar-refractivity contribution is -0.128. The molecule has 0 radical (unpaired) electrons. The van der Waals surface area contributed by atoms with Crippen LogP contribution in [0.3, 0.4) is 0 Å². The molecule has 2 heterocycles. The Morgan fingerprint density at radius 3 is 2.71 bits per heavy atom. The Balaban J connectivity index is 1.30. The largest absolute Gasteiger partial charge is 0.454 e. The first-order valence-corrected chi connectivity index (χ1v) is 8.95. The third kappa shape index (κ3) is 3.75. The number of anilines is 1. The lowest BCUT2D eigenvalue weighted by Gasteiger charge is -2.13. The van der Waals surface area contributed by atoms with E-state index in [-0.39, 0.29) is 38.0 Å². The van der Waals surface area contributed by atoms with Gasteiger partial charge in [-0.25, -0.2) is 4.79 Å². The molecule has 1 fully saturated rings. The highest BCUT2D eigenvalue weighted by Crippen LogP contribution is 2.34. The topological polar surface area (TPSA) is 97.0 Å². The minimum atomic E-state index is -0.696. The van der Waals surface area contributed by atoms with Crippen LogP contribution in [-0.2, 0) is 16.1 Å². The summed E-state index contributed by atoms with van der Waals surface area (Å²) < 4.78 is 10.5. The summed E-state index contributed by atoms with van der Waals surface area (Å²) in [5, 5.41) is 5.41. The standard InChI is InChI=1S/C20H19N3O5/c24-18(21-14-6-8-16-17(10-14)28-12-27-16)9-7-15-19(25)23(20(26)22-15)11-13-4-2-1-3-5-13/h1-6,8,10,15H,7,9,11-12H2,(H,21,24)(H,22,26)/t15-/m1/s1. The Bertz CT molecular complexity index is 915. The van der Waals surface area contributed by atoms with Crippen LogP contribution < -0.4 is 20.1 Å². The maximum atomic E-state index is 12.5. The zero-order valence-electron chi connectivity index (χ0n) is 15.0. The van der Waals surface area contributed by atoms with Crippen molar-refractivity contribution >= 4 is 23.5 Å². The third-order valence-electron chi connectivity index (χ3n) is 4.61. The second-order valence-corrected chi connectivity index (χ2v) is 6.57. The Morgan fingerprint density at radius 2 is 1.89 bits per heavy atom. The summed E-state index contributed by atoms with van der Waals surface area (Å²) >= 11 is 0. The average molecular weight is 381 g/mol. The maximum absolute atomic E-state index is 12.5. The van der Waals surface area contributed by atoms with E-state index in [4.69, 9.17) is 9.47 Å². The molecule has 1 saturated heterocycles. The summed E-state index contributed by atoms with van der Waals surface area (Å²) in [6, 6.07) is 13.3. The van der Waals surface area contributed by atoms with E-state index < -0.39 is 12.1 Å². The number of imide groups is 1. The SMILES string of the molecule is O=C(CC[C@H]1NC(=O)N(Cc2ccccc2)C1=O)Nc1ccc2c(c1)OCO2. The molecule has 2 aromatic rings. The van der Waals surface area contributed by atoms with Crippen molar-refractivity contribution in [1.29, 1.82) is 0 Å². The van der Waals surface area contributed by atoms with Gasteiger partial charge in [0, 0.05) is 18.2 Å². The Morgan fingerprint density at radius 1 is 1.11 bits per heavy atom. The molecule has 0 aromatic heterocycles. The highest BCUT2D eigenvalue weighted by molar-refractivity contribution is 6.04. The number of ether oxygens (including phenoxy) is 2. The number of nitrogens with zero attached hydrogens (tertiary/aromatic N) is 1. The Hall–Kier alpha value is -3.55. The van der Waals surface area contributed by atoms with Crippen LogP contribution in [0.1, 0.15) is 18.4 Å². The van der Waals surface area contributed by atoms with E-state index in [0.29, 0.717) is 17.2 Å². The van der Waals surface area contributed by atoms with Gasteiger partial charge in [-0.15, -0.1) is 0 Å². The number of hydrogen-bond donors (Lipinski definition) is 2. The zero-order chi connectivity index (χ0) is 19.5. The number of urea groups is 1. The van der Waals surface area contributed by atoms with E-state index >= 15 is 0 Å².